The second kappa shape index (κ2) is 10.4. The van der Waals surface area contributed by atoms with Gasteiger partial charge in [0.15, 0.2) is 17.7 Å². The molecule has 0 amide bonds. The van der Waals surface area contributed by atoms with E-state index in [9.17, 15) is 0 Å². The quantitative estimate of drug-likeness (QED) is 0.269. The van der Waals surface area contributed by atoms with Crippen LogP contribution in [0.1, 0.15) is 23.6 Å². The molecular formula is C20H21N5O2. The summed E-state index contributed by atoms with van der Waals surface area (Å²) in [6.07, 6.45) is 1.85. The van der Waals surface area contributed by atoms with Gasteiger partial charge in [0.1, 0.15) is 13.7 Å². The number of nitriles is 1. The highest BCUT2D eigenvalue weighted by Gasteiger charge is 2.16. The van der Waals surface area contributed by atoms with E-state index in [-0.39, 0.29) is 6.61 Å². The van der Waals surface area contributed by atoms with Crippen molar-refractivity contribution in [2.75, 3.05) is 14.2 Å². The van der Waals surface area contributed by atoms with E-state index in [0.717, 1.165) is 22.4 Å². The van der Waals surface area contributed by atoms with Crippen LogP contribution >= 0.6 is 0 Å². The lowest BCUT2D eigenvalue weighted by Crippen LogP contribution is -2.29. The van der Waals surface area contributed by atoms with Gasteiger partial charge in [-0.1, -0.05) is 64.9 Å². The summed E-state index contributed by atoms with van der Waals surface area (Å²) in [5.74, 6) is 0.302. The van der Waals surface area contributed by atoms with E-state index in [0.29, 0.717) is 11.5 Å². The zero-order valence-corrected chi connectivity index (χ0v) is 15.5. The lowest BCUT2D eigenvalue weighted by Gasteiger charge is -2.12. The Morgan fingerprint density at radius 3 is 2.44 bits per heavy atom. The number of hydrogen-bond acceptors (Lipinski definition) is 6. The summed E-state index contributed by atoms with van der Waals surface area (Å²) in [7, 11) is 3.00. The van der Waals surface area contributed by atoms with Crippen LogP contribution in [0.2, 0.25) is 0 Å². The Labute approximate surface area is 158 Å². The summed E-state index contributed by atoms with van der Waals surface area (Å²) in [5, 5.41) is 19.6. The number of hydrogen-bond donors (Lipinski definition) is 1. The fourth-order valence-corrected chi connectivity index (χ4v) is 2.39. The summed E-state index contributed by atoms with van der Waals surface area (Å²) in [5.41, 5.74) is 3.74. The van der Waals surface area contributed by atoms with Crippen molar-refractivity contribution < 1.29 is 9.68 Å². The zero-order chi connectivity index (χ0) is 19.5. The summed E-state index contributed by atoms with van der Waals surface area (Å²) in [6.45, 7) is 2.12. The monoisotopic (exact) mass is 363 g/mol. The van der Waals surface area contributed by atoms with Crippen LogP contribution in [-0.4, -0.2) is 31.4 Å². The van der Waals surface area contributed by atoms with Gasteiger partial charge in [0, 0.05) is 18.2 Å². The maximum Gasteiger partial charge on any atom is 0.182 e. The molecule has 138 valence electrons. The fraction of sp³-hybridized carbons (Fsp3) is 0.200. The van der Waals surface area contributed by atoms with Gasteiger partial charge in [-0.2, -0.15) is 5.26 Å². The predicted molar refractivity (Wildman–Crippen MR) is 106 cm³/mol. The number of oxime groups is 2. The molecule has 0 heterocycles. The van der Waals surface area contributed by atoms with Crippen LogP contribution in [0.25, 0.3) is 0 Å². The summed E-state index contributed by atoms with van der Waals surface area (Å²) in [4.78, 5) is 14.5. The van der Waals surface area contributed by atoms with Gasteiger partial charge in [-0.25, -0.2) is 0 Å². The summed E-state index contributed by atoms with van der Waals surface area (Å²) >= 11 is 0. The van der Waals surface area contributed by atoms with Crippen molar-refractivity contribution in [3.63, 3.8) is 0 Å². The molecule has 2 aromatic rings. The van der Waals surface area contributed by atoms with Crippen LogP contribution in [0.3, 0.4) is 0 Å². The maximum absolute atomic E-state index is 8.93. The van der Waals surface area contributed by atoms with Gasteiger partial charge >= 0.3 is 0 Å². The van der Waals surface area contributed by atoms with Crippen LogP contribution in [-0.2, 0) is 16.3 Å². The van der Waals surface area contributed by atoms with Crippen molar-refractivity contribution in [1.29, 1.82) is 5.26 Å². The van der Waals surface area contributed by atoms with Crippen LogP contribution < -0.4 is 5.32 Å². The molecule has 0 saturated heterocycles. The molecule has 0 aliphatic carbocycles. The van der Waals surface area contributed by atoms with Crippen molar-refractivity contribution in [2.24, 2.45) is 15.3 Å². The van der Waals surface area contributed by atoms with Crippen molar-refractivity contribution in [2.45, 2.75) is 13.5 Å². The molecule has 27 heavy (non-hydrogen) atoms. The molecule has 2 rings (SSSR count). The highest BCUT2D eigenvalue weighted by molar-refractivity contribution is 6.48. The lowest BCUT2D eigenvalue weighted by atomic mass is 10.0. The average molecular weight is 363 g/mol. The first-order valence-electron chi connectivity index (χ1n) is 8.25. The first kappa shape index (κ1) is 19.7. The molecule has 0 aliphatic heterocycles. The Morgan fingerprint density at radius 2 is 1.78 bits per heavy atom. The molecular weight excluding hydrogens is 342 g/mol. The standard InChI is InChI=1S/C20H21N5O2/c1-15(16-9-5-4-6-10-16)24-27-13-17-11-7-8-12-18(17)19(25-26-3)20(22-2)23-14-21/h4-12H,13H2,1-3H3,(H,22,23)/b24-15+,25-19+. The van der Waals surface area contributed by atoms with Crippen molar-refractivity contribution >= 4 is 17.3 Å². The molecule has 0 aliphatic rings. The highest BCUT2D eigenvalue weighted by Crippen LogP contribution is 2.13. The second-order valence-corrected chi connectivity index (χ2v) is 5.40. The van der Waals surface area contributed by atoms with Crippen molar-refractivity contribution in [3.8, 4) is 6.19 Å². The van der Waals surface area contributed by atoms with E-state index in [1.807, 2.05) is 67.7 Å². The highest BCUT2D eigenvalue weighted by atomic mass is 16.6. The van der Waals surface area contributed by atoms with Crippen LogP contribution in [0.5, 0.6) is 0 Å². The molecule has 0 spiro atoms. The zero-order valence-electron chi connectivity index (χ0n) is 15.5. The third-order valence-corrected chi connectivity index (χ3v) is 3.69. The number of rotatable bonds is 7. The molecule has 0 unspecified atom stereocenters. The minimum atomic E-state index is 0.229. The van der Waals surface area contributed by atoms with E-state index in [1.54, 1.807) is 7.05 Å². The largest absolute Gasteiger partial charge is 0.399 e. The van der Waals surface area contributed by atoms with E-state index >= 15 is 0 Å². The minimum absolute atomic E-state index is 0.229. The molecule has 1 N–H and O–H groups in total. The van der Waals surface area contributed by atoms with E-state index in [1.165, 1.54) is 7.11 Å². The SMILES string of the molecule is CN=C(NC#N)/C(=N/OC)c1ccccc1CO/N=C(\C)c1ccccc1. The average Bonchev–Trinajstić information content (AvgIpc) is 2.71. The van der Waals surface area contributed by atoms with Gasteiger partial charge in [0.2, 0.25) is 0 Å². The van der Waals surface area contributed by atoms with Crippen LogP contribution in [0, 0.1) is 11.5 Å². The number of amidine groups is 1. The Kier molecular flexibility index (Phi) is 7.54. The summed E-state index contributed by atoms with van der Waals surface area (Å²) in [6, 6.07) is 17.3. The predicted octanol–water partition coefficient (Wildman–Crippen LogP) is 3.08. The molecule has 0 aromatic heterocycles. The first-order valence-corrected chi connectivity index (χ1v) is 8.25. The normalized spacial score (nSPS) is 12.3. The third kappa shape index (κ3) is 5.41. The molecule has 0 bridgehead atoms. The molecule has 0 radical (unpaired) electrons. The Morgan fingerprint density at radius 1 is 1.07 bits per heavy atom. The molecule has 2 aromatic carbocycles. The van der Waals surface area contributed by atoms with E-state index in [2.05, 4.69) is 20.6 Å². The minimum Gasteiger partial charge on any atom is -0.399 e. The Balaban J connectivity index is 2.24. The van der Waals surface area contributed by atoms with Gasteiger partial charge in [-0.3, -0.25) is 10.3 Å². The van der Waals surface area contributed by atoms with Crippen molar-refractivity contribution in [3.05, 3.63) is 71.3 Å². The van der Waals surface area contributed by atoms with Gasteiger partial charge in [0.05, 0.1) is 5.71 Å². The Hall–Kier alpha value is -3.66. The number of aliphatic imine (C=N–C) groups is 1. The lowest BCUT2D eigenvalue weighted by molar-refractivity contribution is 0.130. The van der Waals surface area contributed by atoms with E-state index in [4.69, 9.17) is 14.9 Å². The molecule has 0 fully saturated rings. The Bertz CT molecular complexity index is 883. The van der Waals surface area contributed by atoms with Crippen LogP contribution in [0.15, 0.2) is 69.9 Å². The third-order valence-electron chi connectivity index (χ3n) is 3.69. The van der Waals surface area contributed by atoms with Gasteiger partial charge in [0.25, 0.3) is 0 Å². The van der Waals surface area contributed by atoms with Gasteiger partial charge < -0.3 is 9.68 Å². The number of benzene rings is 2. The first-order chi connectivity index (χ1) is 13.2. The second-order valence-electron chi connectivity index (χ2n) is 5.40. The number of nitrogens with one attached hydrogen (secondary N) is 1. The van der Waals surface area contributed by atoms with Crippen molar-refractivity contribution in [1.82, 2.24) is 5.32 Å². The summed E-state index contributed by atoms with van der Waals surface area (Å²) < 4.78 is 0. The van der Waals surface area contributed by atoms with E-state index < -0.39 is 0 Å². The molecule has 0 atom stereocenters. The van der Waals surface area contributed by atoms with Gasteiger partial charge in [-0.15, -0.1) is 0 Å². The maximum atomic E-state index is 8.93. The fourth-order valence-electron chi connectivity index (χ4n) is 2.39. The molecule has 7 nitrogen and oxygen atoms in total. The van der Waals surface area contributed by atoms with Gasteiger partial charge in [-0.05, 0) is 12.5 Å². The van der Waals surface area contributed by atoms with Crippen LogP contribution in [0.4, 0.5) is 0 Å². The molecule has 7 heteroatoms. The smallest absolute Gasteiger partial charge is 0.182 e. The number of nitrogens with zero attached hydrogens (tertiary/aromatic N) is 4. The molecule has 0 saturated carbocycles. The topological polar surface area (TPSA) is 91.4 Å².